The monoisotopic (exact) mass is 316 g/mol. The molecule has 2 atom stereocenters. The minimum atomic E-state index is 0.688. The lowest BCUT2D eigenvalue weighted by Crippen LogP contribution is -2.46. The third-order valence-electron chi connectivity index (χ3n) is 6.05. The molecule has 2 bridgehead atoms. The minimum absolute atomic E-state index is 0.688. The lowest BCUT2D eigenvalue weighted by atomic mass is 9.80. The predicted octanol–water partition coefficient (Wildman–Crippen LogP) is 4.55. The molecule has 2 heteroatoms. The first-order valence-electron chi connectivity index (χ1n) is 9.22. The highest BCUT2D eigenvalue weighted by Crippen LogP contribution is 2.33. The van der Waals surface area contributed by atoms with E-state index in [1.165, 1.54) is 48.7 Å². The van der Waals surface area contributed by atoms with E-state index in [9.17, 15) is 0 Å². The number of fused-ring (bicyclic) bond motifs is 3. The number of benzene rings is 2. The van der Waals surface area contributed by atoms with Gasteiger partial charge in [0.2, 0.25) is 0 Å². The zero-order chi connectivity index (χ0) is 15.9. The van der Waals surface area contributed by atoms with Gasteiger partial charge in [-0.15, -0.1) is 0 Å². The summed E-state index contributed by atoms with van der Waals surface area (Å²) in [4.78, 5) is 6.19. The molecule has 6 rings (SSSR count). The van der Waals surface area contributed by atoms with Crippen molar-refractivity contribution < 1.29 is 0 Å². The summed E-state index contributed by atoms with van der Waals surface area (Å²) in [5.74, 6) is 0.811. The largest absolute Gasteiger partial charge is 0.361 e. The number of nitrogens with one attached hydrogen (secondary N) is 1. The molecule has 0 unspecified atom stereocenters. The standard InChI is InChI=1S/C22H24N2/c1-2-5-19-13-21-9-8-16(12-18(19)4-1)14-24(21)15-20-7-3-6-17-10-11-23-22(17)20/h1-7,10-11,16,21,23H,8-9,12-15H2/t16-,21+/m1/s1. The SMILES string of the molecule is c1ccc2c(c1)C[C@H]1CC[C@@H](C2)N(Cc2cccc3cc[nH]c23)C1. The average Bonchev–Trinajstić information content (AvgIpc) is 3.05. The molecule has 1 aliphatic carbocycles. The Labute approximate surface area is 143 Å². The lowest BCUT2D eigenvalue weighted by Gasteiger charge is -2.42. The van der Waals surface area contributed by atoms with Gasteiger partial charge >= 0.3 is 0 Å². The molecule has 122 valence electrons. The number of rotatable bonds is 2. The van der Waals surface area contributed by atoms with Gasteiger partial charge in [0, 0.05) is 30.8 Å². The third-order valence-corrected chi connectivity index (χ3v) is 6.05. The van der Waals surface area contributed by atoms with Crippen molar-refractivity contribution in [3.63, 3.8) is 0 Å². The Bertz CT molecular complexity index is 863. The maximum absolute atomic E-state index is 3.44. The molecule has 3 aromatic rings. The van der Waals surface area contributed by atoms with Crippen LogP contribution in [0, 0.1) is 5.92 Å². The van der Waals surface area contributed by atoms with Gasteiger partial charge < -0.3 is 4.98 Å². The number of H-pyrrole nitrogens is 1. The highest BCUT2D eigenvalue weighted by molar-refractivity contribution is 5.82. The van der Waals surface area contributed by atoms with Crippen molar-refractivity contribution in [3.8, 4) is 0 Å². The van der Waals surface area contributed by atoms with Crippen LogP contribution in [0.1, 0.15) is 29.5 Å². The van der Waals surface area contributed by atoms with Gasteiger partial charge in [-0.25, -0.2) is 0 Å². The van der Waals surface area contributed by atoms with Gasteiger partial charge in [0.05, 0.1) is 0 Å². The fourth-order valence-corrected chi connectivity index (χ4v) is 4.79. The molecule has 3 aliphatic rings. The molecule has 1 fully saturated rings. The molecular formula is C22H24N2. The van der Waals surface area contributed by atoms with Crippen LogP contribution in [0.4, 0.5) is 0 Å². The molecule has 0 radical (unpaired) electrons. The number of para-hydroxylation sites is 1. The van der Waals surface area contributed by atoms with Gasteiger partial charge in [0.15, 0.2) is 0 Å². The van der Waals surface area contributed by atoms with E-state index in [4.69, 9.17) is 0 Å². The van der Waals surface area contributed by atoms with Crippen LogP contribution >= 0.6 is 0 Å². The van der Waals surface area contributed by atoms with Crippen LogP contribution < -0.4 is 0 Å². The second kappa shape index (κ2) is 5.78. The molecule has 0 spiro atoms. The second-order valence-corrected chi connectivity index (χ2v) is 7.56. The summed E-state index contributed by atoms with van der Waals surface area (Å²) in [5.41, 5.74) is 5.93. The lowest BCUT2D eigenvalue weighted by molar-refractivity contribution is 0.0942. The van der Waals surface area contributed by atoms with Crippen molar-refractivity contribution in [2.45, 2.75) is 38.3 Å². The van der Waals surface area contributed by atoms with E-state index < -0.39 is 0 Å². The first-order chi connectivity index (χ1) is 11.9. The Morgan fingerprint density at radius 1 is 0.917 bits per heavy atom. The third kappa shape index (κ3) is 2.46. The van der Waals surface area contributed by atoms with Gasteiger partial charge in [-0.05, 0) is 59.7 Å². The van der Waals surface area contributed by atoms with Gasteiger partial charge in [-0.3, -0.25) is 4.90 Å². The Kier molecular flexibility index (Phi) is 3.45. The summed E-state index contributed by atoms with van der Waals surface area (Å²) in [6.45, 7) is 2.32. The van der Waals surface area contributed by atoms with Crippen LogP contribution in [-0.2, 0) is 19.4 Å². The number of aromatic nitrogens is 1. The van der Waals surface area contributed by atoms with E-state index in [2.05, 4.69) is 64.6 Å². The summed E-state index contributed by atoms with van der Waals surface area (Å²) < 4.78 is 0. The molecule has 1 aromatic heterocycles. The van der Waals surface area contributed by atoms with Crippen molar-refractivity contribution >= 4 is 10.9 Å². The summed E-state index contributed by atoms with van der Waals surface area (Å²) in [7, 11) is 0. The van der Waals surface area contributed by atoms with Crippen molar-refractivity contribution in [2.24, 2.45) is 5.92 Å². The first kappa shape index (κ1) is 14.3. The Morgan fingerprint density at radius 3 is 2.71 bits per heavy atom. The van der Waals surface area contributed by atoms with Crippen LogP contribution in [0.5, 0.6) is 0 Å². The minimum Gasteiger partial charge on any atom is -0.361 e. The second-order valence-electron chi connectivity index (χ2n) is 7.56. The van der Waals surface area contributed by atoms with E-state index in [0.717, 1.165) is 12.5 Å². The fraction of sp³-hybridized carbons (Fsp3) is 0.364. The number of hydrogen-bond acceptors (Lipinski definition) is 1. The Morgan fingerprint density at radius 2 is 1.79 bits per heavy atom. The van der Waals surface area contributed by atoms with Crippen LogP contribution in [0.2, 0.25) is 0 Å². The van der Waals surface area contributed by atoms with Crippen molar-refractivity contribution in [1.29, 1.82) is 0 Å². The number of piperidine rings is 1. The van der Waals surface area contributed by atoms with E-state index >= 15 is 0 Å². The smallest absolute Gasteiger partial charge is 0.0499 e. The Hall–Kier alpha value is -2.06. The molecule has 0 saturated carbocycles. The summed E-state index contributed by atoms with van der Waals surface area (Å²) >= 11 is 0. The first-order valence-corrected chi connectivity index (χ1v) is 9.22. The van der Waals surface area contributed by atoms with Gasteiger partial charge in [-0.1, -0.05) is 42.5 Å². The van der Waals surface area contributed by atoms with Crippen molar-refractivity contribution in [2.75, 3.05) is 6.54 Å². The summed E-state index contributed by atoms with van der Waals surface area (Å²) in [6.07, 6.45) is 7.27. The van der Waals surface area contributed by atoms with Gasteiger partial charge in [-0.2, -0.15) is 0 Å². The molecule has 1 N–H and O–H groups in total. The molecule has 0 amide bonds. The van der Waals surface area contributed by atoms with E-state index in [1.54, 1.807) is 11.1 Å². The molecule has 24 heavy (non-hydrogen) atoms. The fourth-order valence-electron chi connectivity index (χ4n) is 4.79. The van der Waals surface area contributed by atoms with E-state index in [0.29, 0.717) is 6.04 Å². The zero-order valence-corrected chi connectivity index (χ0v) is 14.0. The predicted molar refractivity (Wildman–Crippen MR) is 99.1 cm³/mol. The maximum Gasteiger partial charge on any atom is 0.0499 e. The zero-order valence-electron chi connectivity index (χ0n) is 14.0. The number of nitrogens with zero attached hydrogens (tertiary/aromatic N) is 1. The highest BCUT2D eigenvalue weighted by Gasteiger charge is 2.31. The van der Waals surface area contributed by atoms with Gasteiger partial charge in [0.25, 0.3) is 0 Å². The van der Waals surface area contributed by atoms with Crippen molar-refractivity contribution in [3.05, 3.63) is 71.4 Å². The molecule has 2 nitrogen and oxygen atoms in total. The highest BCUT2D eigenvalue weighted by atomic mass is 15.2. The van der Waals surface area contributed by atoms with Crippen LogP contribution in [0.3, 0.4) is 0 Å². The van der Waals surface area contributed by atoms with Gasteiger partial charge in [0.1, 0.15) is 0 Å². The number of aromatic amines is 1. The molecule has 1 saturated heterocycles. The topological polar surface area (TPSA) is 19.0 Å². The van der Waals surface area contributed by atoms with Crippen LogP contribution in [0.15, 0.2) is 54.7 Å². The van der Waals surface area contributed by atoms with E-state index in [1.807, 2.05) is 0 Å². The maximum atomic E-state index is 3.44. The summed E-state index contributed by atoms with van der Waals surface area (Å²) in [6, 6.07) is 18.7. The molecule has 3 heterocycles. The number of hydrogen-bond donors (Lipinski definition) is 1. The normalized spacial score (nSPS) is 23.8. The molecular weight excluding hydrogens is 292 g/mol. The average molecular weight is 316 g/mol. The van der Waals surface area contributed by atoms with Crippen LogP contribution in [-0.4, -0.2) is 22.5 Å². The molecule has 2 aromatic carbocycles. The van der Waals surface area contributed by atoms with Crippen molar-refractivity contribution in [1.82, 2.24) is 9.88 Å². The van der Waals surface area contributed by atoms with Crippen LogP contribution in [0.25, 0.3) is 10.9 Å². The van der Waals surface area contributed by atoms with E-state index in [-0.39, 0.29) is 0 Å². The quantitative estimate of drug-likeness (QED) is 0.735. The molecule has 2 aliphatic heterocycles. The summed E-state index contributed by atoms with van der Waals surface area (Å²) in [5, 5.41) is 1.33. The Balaban J connectivity index is 1.46.